The number of halogens is 1. The van der Waals surface area contributed by atoms with Gasteiger partial charge in [-0.05, 0) is 12.1 Å². The number of hydrogen-bond donors (Lipinski definition) is 0. The van der Waals surface area contributed by atoms with Gasteiger partial charge in [-0.1, -0.05) is 32.4 Å². The van der Waals surface area contributed by atoms with Gasteiger partial charge in [0.1, 0.15) is 10.4 Å². The number of hydrogen-bond acceptors (Lipinski definition) is 4. The Bertz CT molecular complexity index is 711. The smallest absolute Gasteiger partial charge is 0.200 e. The van der Waals surface area contributed by atoms with Gasteiger partial charge >= 0.3 is 0 Å². The lowest BCUT2D eigenvalue weighted by Crippen LogP contribution is -2.10. The topological polar surface area (TPSA) is 60.2 Å². The van der Waals surface area contributed by atoms with Gasteiger partial charge in [0, 0.05) is 11.7 Å². The molecule has 0 saturated heterocycles. The lowest BCUT2D eigenvalue weighted by Gasteiger charge is -2.11. The fourth-order valence-corrected chi connectivity index (χ4v) is 3.08. The fourth-order valence-electron chi connectivity index (χ4n) is 1.61. The van der Waals surface area contributed by atoms with Gasteiger partial charge in [-0.2, -0.15) is 0 Å². The maximum Gasteiger partial charge on any atom is 0.200 e. The Morgan fingerprint density at radius 3 is 2.39 bits per heavy atom. The minimum atomic E-state index is -3.46. The van der Waals surface area contributed by atoms with E-state index in [1.165, 1.54) is 6.07 Å². The molecule has 0 unspecified atom stereocenters. The molecule has 0 spiro atoms. The zero-order chi connectivity index (χ0) is 13.7. The molecular weight excluding hydrogens is 274 g/mol. The van der Waals surface area contributed by atoms with Gasteiger partial charge in [-0.25, -0.2) is 13.4 Å². The van der Waals surface area contributed by atoms with E-state index in [-0.39, 0.29) is 20.9 Å². The predicted octanol–water partition coefficient (Wildman–Crippen LogP) is 3.18. The summed E-state index contributed by atoms with van der Waals surface area (Å²) in [4.78, 5) is 4.31. The van der Waals surface area contributed by atoms with Gasteiger partial charge in [0.25, 0.3) is 0 Å². The van der Waals surface area contributed by atoms with Crippen LogP contribution in [0, 0.1) is 0 Å². The molecule has 0 atom stereocenters. The molecule has 2 rings (SSSR count). The van der Waals surface area contributed by atoms with Crippen LogP contribution in [0.25, 0.3) is 11.1 Å². The summed E-state index contributed by atoms with van der Waals surface area (Å²) in [5.74, 6) is 0.490. The summed E-state index contributed by atoms with van der Waals surface area (Å²) in [6.07, 6.45) is 1.10. The van der Waals surface area contributed by atoms with E-state index in [2.05, 4.69) is 4.98 Å². The number of rotatable bonds is 1. The molecule has 1 aromatic heterocycles. The van der Waals surface area contributed by atoms with Crippen LogP contribution in [0.4, 0.5) is 0 Å². The van der Waals surface area contributed by atoms with Crippen molar-refractivity contribution >= 4 is 32.5 Å². The number of fused-ring (bicyclic) bond motifs is 1. The molecule has 0 saturated carbocycles. The molecule has 0 amide bonds. The third-order valence-electron chi connectivity index (χ3n) is 2.48. The summed E-state index contributed by atoms with van der Waals surface area (Å²) in [7, 11) is -3.46. The second-order valence-electron chi connectivity index (χ2n) is 5.27. The Labute approximate surface area is 111 Å². The third kappa shape index (κ3) is 2.24. The number of benzene rings is 1. The van der Waals surface area contributed by atoms with E-state index in [9.17, 15) is 8.42 Å². The first-order chi connectivity index (χ1) is 8.10. The van der Waals surface area contributed by atoms with Gasteiger partial charge in [-0.15, -0.1) is 0 Å². The molecule has 1 heterocycles. The van der Waals surface area contributed by atoms with Crippen LogP contribution in [0.3, 0.4) is 0 Å². The lowest BCUT2D eigenvalue weighted by atomic mass is 9.97. The average Bonchev–Trinajstić information content (AvgIpc) is 2.57. The van der Waals surface area contributed by atoms with Crippen molar-refractivity contribution in [2.75, 3.05) is 6.26 Å². The normalized spacial score (nSPS) is 13.2. The van der Waals surface area contributed by atoms with Crippen molar-refractivity contribution in [1.29, 1.82) is 0 Å². The highest BCUT2D eigenvalue weighted by atomic mass is 35.5. The summed E-state index contributed by atoms with van der Waals surface area (Å²) in [5, 5.41) is 0.154. The number of sulfone groups is 1. The second kappa shape index (κ2) is 3.96. The molecule has 0 bridgehead atoms. The summed E-state index contributed by atoms with van der Waals surface area (Å²) in [6, 6.07) is 3.18. The summed E-state index contributed by atoms with van der Waals surface area (Å²) in [6.45, 7) is 5.83. The molecule has 4 nitrogen and oxygen atoms in total. The monoisotopic (exact) mass is 287 g/mol. The van der Waals surface area contributed by atoms with Crippen LogP contribution in [0.5, 0.6) is 0 Å². The highest BCUT2D eigenvalue weighted by molar-refractivity contribution is 7.91. The maximum atomic E-state index is 11.8. The number of aromatic nitrogens is 1. The largest absolute Gasteiger partial charge is 0.439 e. The van der Waals surface area contributed by atoms with Crippen molar-refractivity contribution in [3.05, 3.63) is 23.0 Å². The highest BCUT2D eigenvalue weighted by Crippen LogP contribution is 2.33. The van der Waals surface area contributed by atoms with Crippen molar-refractivity contribution in [2.45, 2.75) is 31.1 Å². The SMILES string of the molecule is CC(C)(C)c1nc2ccc(Cl)c(S(C)(=O)=O)c2o1. The molecule has 0 aliphatic rings. The molecular formula is C12H14ClNO3S. The molecule has 0 N–H and O–H groups in total. The van der Waals surface area contributed by atoms with Crippen molar-refractivity contribution in [3.8, 4) is 0 Å². The standard InChI is InChI=1S/C12H14ClNO3S/c1-12(2,3)11-14-8-6-5-7(13)10(9(8)17-11)18(4,15)16/h5-6H,1-4H3. The van der Waals surface area contributed by atoms with Gasteiger partial charge in [-0.3, -0.25) is 0 Å². The molecule has 0 aliphatic heterocycles. The van der Waals surface area contributed by atoms with Crippen LogP contribution in [0.2, 0.25) is 5.02 Å². The number of nitrogens with zero attached hydrogens (tertiary/aromatic N) is 1. The van der Waals surface area contributed by atoms with E-state index in [4.69, 9.17) is 16.0 Å². The van der Waals surface area contributed by atoms with Crippen LogP contribution < -0.4 is 0 Å². The van der Waals surface area contributed by atoms with Crippen molar-refractivity contribution in [3.63, 3.8) is 0 Å². The summed E-state index contributed by atoms with van der Waals surface area (Å²) in [5.41, 5.74) is 0.444. The van der Waals surface area contributed by atoms with Crippen LogP contribution in [-0.2, 0) is 15.3 Å². The third-order valence-corrected chi connectivity index (χ3v) is 4.05. The molecule has 2 aromatic rings. The molecule has 1 aromatic carbocycles. The van der Waals surface area contributed by atoms with E-state index in [1.54, 1.807) is 6.07 Å². The highest BCUT2D eigenvalue weighted by Gasteiger charge is 2.25. The predicted molar refractivity (Wildman–Crippen MR) is 70.8 cm³/mol. The minimum absolute atomic E-state index is 0.00432. The van der Waals surface area contributed by atoms with Crippen molar-refractivity contribution < 1.29 is 12.8 Å². The molecule has 18 heavy (non-hydrogen) atoms. The molecule has 0 fully saturated rings. The Hall–Kier alpha value is -1.07. The average molecular weight is 288 g/mol. The molecule has 0 radical (unpaired) electrons. The Morgan fingerprint density at radius 1 is 1.28 bits per heavy atom. The van der Waals surface area contributed by atoms with Crippen molar-refractivity contribution in [1.82, 2.24) is 4.98 Å². The van der Waals surface area contributed by atoms with Crippen LogP contribution in [-0.4, -0.2) is 19.7 Å². The molecule has 0 aliphatic carbocycles. The van der Waals surface area contributed by atoms with Gasteiger partial charge in [0.05, 0.1) is 5.02 Å². The lowest BCUT2D eigenvalue weighted by molar-refractivity contribution is 0.408. The van der Waals surface area contributed by atoms with Gasteiger partial charge < -0.3 is 4.42 Å². The van der Waals surface area contributed by atoms with Crippen molar-refractivity contribution in [2.24, 2.45) is 0 Å². The maximum absolute atomic E-state index is 11.8. The van der Waals surface area contributed by atoms with Crippen LogP contribution >= 0.6 is 11.6 Å². The Kier molecular flexibility index (Phi) is 2.94. The zero-order valence-corrected chi connectivity index (χ0v) is 12.2. The quantitative estimate of drug-likeness (QED) is 0.808. The number of oxazole rings is 1. The van der Waals surface area contributed by atoms with E-state index >= 15 is 0 Å². The van der Waals surface area contributed by atoms with Gasteiger partial charge in [0.15, 0.2) is 15.4 Å². The van der Waals surface area contributed by atoms with Crippen LogP contribution in [0.1, 0.15) is 26.7 Å². The minimum Gasteiger partial charge on any atom is -0.439 e. The molecule has 6 heteroatoms. The zero-order valence-electron chi connectivity index (χ0n) is 10.6. The first-order valence-electron chi connectivity index (χ1n) is 5.40. The van der Waals surface area contributed by atoms with E-state index < -0.39 is 9.84 Å². The van der Waals surface area contributed by atoms with Crippen LogP contribution in [0.15, 0.2) is 21.4 Å². The second-order valence-corrected chi connectivity index (χ2v) is 7.63. The Balaban J connectivity index is 2.87. The Morgan fingerprint density at radius 2 is 1.89 bits per heavy atom. The first-order valence-corrected chi connectivity index (χ1v) is 7.67. The summed E-state index contributed by atoms with van der Waals surface area (Å²) >= 11 is 5.94. The first kappa shape index (κ1) is 13.4. The summed E-state index contributed by atoms with van der Waals surface area (Å²) < 4.78 is 29.1. The van der Waals surface area contributed by atoms with Gasteiger partial charge in [0.2, 0.25) is 5.89 Å². The van der Waals surface area contributed by atoms with E-state index in [0.717, 1.165) is 6.26 Å². The van der Waals surface area contributed by atoms with E-state index in [1.807, 2.05) is 20.8 Å². The molecule has 98 valence electrons. The van der Waals surface area contributed by atoms with E-state index in [0.29, 0.717) is 11.4 Å². The fraction of sp³-hybridized carbons (Fsp3) is 0.417.